The number of carbonyl (C=O) groups is 1. The summed E-state index contributed by atoms with van der Waals surface area (Å²) in [7, 11) is 0. The van der Waals surface area contributed by atoms with Crippen LogP contribution in [0.15, 0.2) is 47.1 Å². The van der Waals surface area contributed by atoms with Gasteiger partial charge in [0.2, 0.25) is 0 Å². The van der Waals surface area contributed by atoms with Gasteiger partial charge < -0.3 is 15.1 Å². The molecule has 4 nitrogen and oxygen atoms in total. The fourth-order valence-electron chi connectivity index (χ4n) is 1.86. The summed E-state index contributed by atoms with van der Waals surface area (Å²) in [5.41, 5.74) is 6.31. The van der Waals surface area contributed by atoms with Crippen LogP contribution in [-0.2, 0) is 6.54 Å². The third kappa shape index (κ3) is 4.39. The first-order valence-electron chi connectivity index (χ1n) is 6.42. The van der Waals surface area contributed by atoms with E-state index in [1.165, 1.54) is 18.4 Å². The van der Waals surface area contributed by atoms with Gasteiger partial charge >= 0.3 is 0 Å². The Morgan fingerprint density at radius 3 is 2.57 bits per heavy atom. The number of amides is 1. The van der Waals surface area contributed by atoms with E-state index in [4.69, 9.17) is 22.4 Å². The van der Waals surface area contributed by atoms with Crippen molar-refractivity contribution < 1.29 is 13.6 Å². The Morgan fingerprint density at radius 2 is 2.00 bits per heavy atom. The zero-order valence-corrected chi connectivity index (χ0v) is 12.1. The molecule has 0 aliphatic carbocycles. The molecule has 0 atom stereocenters. The van der Waals surface area contributed by atoms with Crippen LogP contribution in [-0.4, -0.2) is 22.3 Å². The van der Waals surface area contributed by atoms with E-state index in [-0.39, 0.29) is 17.5 Å². The molecule has 6 heteroatoms. The van der Waals surface area contributed by atoms with Gasteiger partial charge in [-0.1, -0.05) is 24.4 Å². The normalized spacial score (nSPS) is 10.3. The van der Waals surface area contributed by atoms with Crippen LogP contribution in [0.4, 0.5) is 4.39 Å². The third-order valence-corrected chi connectivity index (χ3v) is 3.14. The molecule has 2 rings (SSSR count). The summed E-state index contributed by atoms with van der Waals surface area (Å²) in [6, 6.07) is 9.24. The van der Waals surface area contributed by atoms with Crippen molar-refractivity contribution >= 4 is 23.1 Å². The first kappa shape index (κ1) is 15.2. The topological polar surface area (TPSA) is 59.5 Å². The highest BCUT2D eigenvalue weighted by Crippen LogP contribution is 2.12. The maximum atomic E-state index is 12.9. The standard InChI is InChI=1S/C15H15FN2O2S/c16-12-5-3-11(4-6-12)10-18(8-7-14(17)21)15(19)13-2-1-9-20-13/h1-6,9H,7-8,10H2,(H2,17,21). The molecule has 0 radical (unpaired) electrons. The Kier molecular flexibility index (Phi) is 5.05. The number of thiocarbonyl (C=S) groups is 1. The number of hydrogen-bond donors (Lipinski definition) is 1. The van der Waals surface area contributed by atoms with Gasteiger partial charge in [-0.15, -0.1) is 0 Å². The lowest BCUT2D eigenvalue weighted by Crippen LogP contribution is -2.33. The number of benzene rings is 1. The van der Waals surface area contributed by atoms with Crippen molar-refractivity contribution in [2.45, 2.75) is 13.0 Å². The zero-order valence-electron chi connectivity index (χ0n) is 11.3. The summed E-state index contributed by atoms with van der Waals surface area (Å²) in [6.07, 6.45) is 1.86. The van der Waals surface area contributed by atoms with E-state index in [0.717, 1.165) is 5.56 Å². The smallest absolute Gasteiger partial charge is 0.289 e. The van der Waals surface area contributed by atoms with Crippen LogP contribution in [0.1, 0.15) is 22.5 Å². The molecule has 0 spiro atoms. The van der Waals surface area contributed by atoms with Crippen LogP contribution < -0.4 is 5.73 Å². The minimum Gasteiger partial charge on any atom is -0.459 e. The third-order valence-electron chi connectivity index (χ3n) is 2.93. The van der Waals surface area contributed by atoms with Gasteiger partial charge in [0.25, 0.3) is 5.91 Å². The molecule has 1 aromatic heterocycles. The lowest BCUT2D eigenvalue weighted by molar-refractivity contribution is 0.0716. The molecule has 1 aromatic carbocycles. The Labute approximate surface area is 127 Å². The SMILES string of the molecule is NC(=S)CCN(Cc1ccc(F)cc1)C(=O)c1ccco1. The minimum atomic E-state index is -0.314. The number of rotatable bonds is 6. The van der Waals surface area contributed by atoms with Crippen LogP contribution in [0.25, 0.3) is 0 Å². The van der Waals surface area contributed by atoms with Gasteiger partial charge in [0.1, 0.15) is 5.82 Å². The summed E-state index contributed by atoms with van der Waals surface area (Å²) in [6.45, 7) is 0.717. The lowest BCUT2D eigenvalue weighted by atomic mass is 10.2. The van der Waals surface area contributed by atoms with Crippen molar-refractivity contribution in [3.8, 4) is 0 Å². The molecule has 2 N–H and O–H groups in total. The van der Waals surface area contributed by atoms with E-state index in [2.05, 4.69) is 0 Å². The second kappa shape index (κ2) is 6.99. The average Bonchev–Trinajstić information content (AvgIpc) is 2.98. The summed E-state index contributed by atoms with van der Waals surface area (Å²) in [5, 5.41) is 0. The molecule has 21 heavy (non-hydrogen) atoms. The molecular formula is C15H15FN2O2S. The first-order chi connectivity index (χ1) is 10.1. The van der Waals surface area contributed by atoms with E-state index >= 15 is 0 Å². The highest BCUT2D eigenvalue weighted by molar-refractivity contribution is 7.80. The van der Waals surface area contributed by atoms with Crippen molar-refractivity contribution in [3.05, 3.63) is 59.8 Å². The molecule has 0 unspecified atom stereocenters. The van der Waals surface area contributed by atoms with E-state index in [0.29, 0.717) is 24.5 Å². The zero-order chi connectivity index (χ0) is 15.2. The van der Waals surface area contributed by atoms with Gasteiger partial charge in [-0.2, -0.15) is 0 Å². The number of furan rings is 1. The maximum absolute atomic E-state index is 12.9. The molecule has 0 fully saturated rings. The van der Waals surface area contributed by atoms with E-state index in [1.54, 1.807) is 29.2 Å². The Hall–Kier alpha value is -2.21. The average molecular weight is 306 g/mol. The first-order valence-corrected chi connectivity index (χ1v) is 6.82. The van der Waals surface area contributed by atoms with E-state index < -0.39 is 0 Å². The molecule has 0 saturated carbocycles. The second-order valence-corrected chi connectivity index (χ2v) is 5.07. The van der Waals surface area contributed by atoms with Crippen molar-refractivity contribution in [2.75, 3.05) is 6.54 Å². The second-order valence-electron chi connectivity index (χ2n) is 4.55. The highest BCUT2D eigenvalue weighted by atomic mass is 32.1. The highest BCUT2D eigenvalue weighted by Gasteiger charge is 2.18. The van der Waals surface area contributed by atoms with Crippen LogP contribution in [0.3, 0.4) is 0 Å². The van der Waals surface area contributed by atoms with Gasteiger partial charge in [-0.3, -0.25) is 4.79 Å². The molecule has 1 amide bonds. The number of nitrogens with two attached hydrogens (primary N) is 1. The van der Waals surface area contributed by atoms with Gasteiger partial charge in [0.15, 0.2) is 5.76 Å². The fourth-order valence-corrected chi connectivity index (χ4v) is 1.96. The molecule has 0 bridgehead atoms. The van der Waals surface area contributed by atoms with Gasteiger partial charge in [-0.25, -0.2) is 4.39 Å². The minimum absolute atomic E-state index is 0.249. The van der Waals surface area contributed by atoms with Gasteiger partial charge in [0.05, 0.1) is 11.3 Å². The number of nitrogens with zero attached hydrogens (tertiary/aromatic N) is 1. The van der Waals surface area contributed by atoms with E-state index in [1.807, 2.05) is 0 Å². The molecule has 0 aliphatic rings. The monoisotopic (exact) mass is 306 g/mol. The summed E-state index contributed by atoms with van der Waals surface area (Å²) < 4.78 is 18.1. The summed E-state index contributed by atoms with van der Waals surface area (Å²) in [4.78, 5) is 14.3. The van der Waals surface area contributed by atoms with Crippen LogP contribution in [0, 0.1) is 5.82 Å². The number of halogens is 1. The van der Waals surface area contributed by atoms with Crippen LogP contribution in [0.2, 0.25) is 0 Å². The molecule has 110 valence electrons. The van der Waals surface area contributed by atoms with Gasteiger partial charge in [-0.05, 0) is 29.8 Å². The van der Waals surface area contributed by atoms with Crippen molar-refractivity contribution in [1.29, 1.82) is 0 Å². The Bertz CT molecular complexity index is 611. The van der Waals surface area contributed by atoms with Crippen molar-refractivity contribution in [2.24, 2.45) is 5.73 Å². The molecule has 0 saturated heterocycles. The predicted molar refractivity (Wildman–Crippen MR) is 81.3 cm³/mol. The largest absolute Gasteiger partial charge is 0.459 e. The Balaban J connectivity index is 2.13. The quantitative estimate of drug-likeness (QED) is 0.834. The lowest BCUT2D eigenvalue weighted by Gasteiger charge is -2.21. The molecular weight excluding hydrogens is 291 g/mol. The van der Waals surface area contributed by atoms with Crippen LogP contribution in [0.5, 0.6) is 0 Å². The summed E-state index contributed by atoms with van der Waals surface area (Å²) >= 11 is 4.85. The Morgan fingerprint density at radius 1 is 1.29 bits per heavy atom. The molecule has 1 heterocycles. The van der Waals surface area contributed by atoms with Crippen molar-refractivity contribution in [3.63, 3.8) is 0 Å². The van der Waals surface area contributed by atoms with Crippen molar-refractivity contribution in [1.82, 2.24) is 4.90 Å². The number of hydrogen-bond acceptors (Lipinski definition) is 3. The molecule has 0 aliphatic heterocycles. The number of carbonyl (C=O) groups excluding carboxylic acids is 1. The van der Waals surface area contributed by atoms with Crippen LogP contribution >= 0.6 is 12.2 Å². The van der Waals surface area contributed by atoms with Gasteiger partial charge in [0, 0.05) is 19.5 Å². The summed E-state index contributed by atoms with van der Waals surface area (Å²) in [5.74, 6) is -0.313. The van der Waals surface area contributed by atoms with E-state index in [9.17, 15) is 9.18 Å². The predicted octanol–water partition coefficient (Wildman–Crippen LogP) is 2.74. The molecule has 2 aromatic rings. The fraction of sp³-hybridized carbons (Fsp3) is 0.200. The maximum Gasteiger partial charge on any atom is 0.289 e.